The summed E-state index contributed by atoms with van der Waals surface area (Å²) in [5, 5.41) is 10.3. The second kappa shape index (κ2) is 9.97. The predicted octanol–water partition coefficient (Wildman–Crippen LogP) is 0.731. The van der Waals surface area contributed by atoms with E-state index in [2.05, 4.69) is 25.5 Å². The Morgan fingerprint density at radius 3 is 2.46 bits per heavy atom. The average molecular weight is 404 g/mol. The molecule has 0 radical (unpaired) electrons. The Labute approximate surface area is 165 Å². The maximum atomic E-state index is 12.7. The van der Waals surface area contributed by atoms with Crippen molar-refractivity contribution in [2.24, 2.45) is 15.7 Å². The molecule has 1 atom stereocenters. The second-order valence-electron chi connectivity index (χ2n) is 5.20. The van der Waals surface area contributed by atoms with E-state index in [1.54, 1.807) is 30.3 Å². The van der Waals surface area contributed by atoms with Crippen molar-refractivity contribution >= 4 is 40.8 Å². The lowest BCUT2D eigenvalue weighted by Gasteiger charge is -2.17. The zero-order valence-corrected chi connectivity index (χ0v) is 15.9. The highest BCUT2D eigenvalue weighted by atomic mass is 35.5. The summed E-state index contributed by atoms with van der Waals surface area (Å²) in [7, 11) is 2.59. The smallest absolute Gasteiger partial charge is 0.333 e. The number of nitrogens with two attached hydrogens (primary N) is 1. The van der Waals surface area contributed by atoms with Crippen LogP contribution in [0.3, 0.4) is 0 Å². The van der Waals surface area contributed by atoms with Crippen LogP contribution in [0.4, 0.5) is 0 Å². The van der Waals surface area contributed by atoms with Gasteiger partial charge in [-0.1, -0.05) is 41.9 Å². The molecule has 0 unspecified atom stereocenters. The Morgan fingerprint density at radius 1 is 1.29 bits per heavy atom. The van der Waals surface area contributed by atoms with Crippen molar-refractivity contribution < 1.29 is 14.3 Å². The monoisotopic (exact) mass is 403 g/mol. The summed E-state index contributed by atoms with van der Waals surface area (Å²) in [5.41, 5.74) is 7.34. The van der Waals surface area contributed by atoms with Crippen LogP contribution in [0.1, 0.15) is 11.6 Å². The van der Waals surface area contributed by atoms with Crippen LogP contribution in [0.15, 0.2) is 58.2 Å². The molecule has 1 heterocycles. The van der Waals surface area contributed by atoms with E-state index in [0.29, 0.717) is 5.56 Å². The maximum Gasteiger partial charge on any atom is 0.333 e. The first kappa shape index (κ1) is 20.8. The number of hydrogen-bond donors (Lipinski definition) is 2. The Hall–Kier alpha value is -3.53. The van der Waals surface area contributed by atoms with Crippen molar-refractivity contribution in [1.82, 2.24) is 20.3 Å². The number of nitrogens with one attached hydrogen (secondary N) is 1. The number of esters is 1. The number of benzene rings is 1. The summed E-state index contributed by atoms with van der Waals surface area (Å²) < 4.78 is 4.77. The first-order chi connectivity index (χ1) is 13.5. The quantitative estimate of drug-likeness (QED) is 0.397. The van der Waals surface area contributed by atoms with Crippen molar-refractivity contribution in [3.05, 3.63) is 53.8 Å². The van der Waals surface area contributed by atoms with E-state index in [9.17, 15) is 9.59 Å². The minimum atomic E-state index is -1.04. The molecule has 28 heavy (non-hydrogen) atoms. The fourth-order valence-electron chi connectivity index (χ4n) is 2.20. The van der Waals surface area contributed by atoms with Crippen LogP contribution in [0.25, 0.3) is 5.82 Å². The number of aromatic nitrogens is 3. The number of carbonyl (C=O) groups is 2. The minimum absolute atomic E-state index is 0.0747. The number of ether oxygens (including phenoxy) is 1. The van der Waals surface area contributed by atoms with Gasteiger partial charge >= 0.3 is 5.97 Å². The first-order valence-electron chi connectivity index (χ1n) is 7.93. The molecule has 0 aliphatic rings. The fourth-order valence-corrected chi connectivity index (χ4v) is 2.33. The topological polar surface area (TPSA) is 137 Å². The summed E-state index contributed by atoms with van der Waals surface area (Å²) in [6.07, 6.45) is 2.85. The molecular weight excluding hydrogens is 386 g/mol. The van der Waals surface area contributed by atoms with E-state index in [1.807, 2.05) is 0 Å². The number of hydrogen-bond acceptors (Lipinski definition) is 7. The van der Waals surface area contributed by atoms with E-state index >= 15 is 0 Å². The van der Waals surface area contributed by atoms with E-state index in [0.717, 1.165) is 10.3 Å². The van der Waals surface area contributed by atoms with Crippen molar-refractivity contribution in [3.63, 3.8) is 0 Å². The number of halogens is 1. The molecule has 0 fully saturated rings. The molecule has 10 nitrogen and oxygen atoms in total. The molecule has 11 heteroatoms. The summed E-state index contributed by atoms with van der Waals surface area (Å²) in [6.45, 7) is 0. The Bertz CT molecular complexity index is 908. The van der Waals surface area contributed by atoms with Gasteiger partial charge in [-0.15, -0.1) is 4.80 Å². The number of rotatable bonds is 7. The largest absolute Gasteiger partial charge is 0.467 e. The van der Waals surface area contributed by atoms with Gasteiger partial charge in [-0.05, 0) is 5.56 Å². The number of nitrogens with zero attached hydrogens (tertiary/aromatic N) is 5. The molecule has 1 aromatic heterocycles. The van der Waals surface area contributed by atoms with Gasteiger partial charge in [-0.25, -0.2) is 9.79 Å². The van der Waals surface area contributed by atoms with E-state index < -0.39 is 17.9 Å². The Kier molecular flexibility index (Phi) is 7.40. The average Bonchev–Trinajstić information content (AvgIpc) is 3.25. The fraction of sp³-hybridized carbons (Fsp3) is 0.176. The number of methoxy groups -OCH3 is 1. The van der Waals surface area contributed by atoms with E-state index in [1.165, 1.54) is 26.6 Å². The van der Waals surface area contributed by atoms with Gasteiger partial charge in [0.15, 0.2) is 23.4 Å². The summed E-state index contributed by atoms with van der Waals surface area (Å²) in [4.78, 5) is 33.8. The second-order valence-corrected chi connectivity index (χ2v) is 5.41. The normalized spacial score (nSPS) is 13.8. The standard InChI is InChI=1S/C17H18ClN7O3/c1-20-14(15(19)23-12(10-18)25-21-8-9-22-25)16(26)24-13(17(27)28-2)11-6-4-3-5-7-11/h3-10,13H,1-2H3,(H2,19,23)(H,24,26)/b12-10-,20-14?/t13-/m0/s1. The van der Waals surface area contributed by atoms with E-state index in [-0.39, 0.29) is 17.4 Å². The first-order valence-corrected chi connectivity index (χ1v) is 8.37. The number of amides is 1. The Balaban J connectivity index is 2.26. The molecule has 0 aliphatic carbocycles. The van der Waals surface area contributed by atoms with E-state index in [4.69, 9.17) is 22.1 Å². The summed E-state index contributed by atoms with van der Waals surface area (Å²) in [5.74, 6) is -1.52. The molecule has 2 rings (SSSR count). The van der Waals surface area contributed by atoms with Crippen LogP contribution in [-0.2, 0) is 14.3 Å². The molecule has 146 valence electrons. The van der Waals surface area contributed by atoms with Gasteiger partial charge in [0.2, 0.25) is 0 Å². The summed E-state index contributed by atoms with van der Waals surface area (Å²) >= 11 is 5.73. The SMILES string of the molecule is CN=C(C(=O)N[C@H](C(=O)OC)c1ccccc1)/C(N)=N\C(=C\Cl)n1nccn1. The van der Waals surface area contributed by atoms with Gasteiger partial charge in [-0.3, -0.25) is 9.79 Å². The third-order valence-electron chi connectivity index (χ3n) is 3.48. The number of aliphatic imine (C=N–C) groups is 2. The number of amidine groups is 1. The molecular formula is C17H18ClN7O3. The van der Waals surface area contributed by atoms with Gasteiger partial charge in [0.25, 0.3) is 5.91 Å². The van der Waals surface area contributed by atoms with Gasteiger partial charge in [-0.2, -0.15) is 10.2 Å². The lowest BCUT2D eigenvalue weighted by molar-refractivity contribution is -0.144. The minimum Gasteiger partial charge on any atom is -0.467 e. The predicted molar refractivity (Wildman–Crippen MR) is 104 cm³/mol. The van der Waals surface area contributed by atoms with Gasteiger partial charge in [0.05, 0.1) is 25.0 Å². The zero-order valence-electron chi connectivity index (χ0n) is 15.1. The highest BCUT2D eigenvalue weighted by Crippen LogP contribution is 2.14. The van der Waals surface area contributed by atoms with Crippen LogP contribution in [0.5, 0.6) is 0 Å². The Morgan fingerprint density at radius 2 is 1.93 bits per heavy atom. The molecule has 3 N–H and O–H groups in total. The van der Waals surface area contributed by atoms with Crippen molar-refractivity contribution in [2.75, 3.05) is 14.2 Å². The van der Waals surface area contributed by atoms with Crippen molar-refractivity contribution in [2.45, 2.75) is 6.04 Å². The van der Waals surface area contributed by atoms with Gasteiger partial charge in [0.1, 0.15) is 0 Å². The molecule has 1 amide bonds. The molecule has 0 saturated carbocycles. The highest BCUT2D eigenvalue weighted by Gasteiger charge is 2.26. The van der Waals surface area contributed by atoms with Crippen LogP contribution in [0, 0.1) is 0 Å². The van der Waals surface area contributed by atoms with Gasteiger partial charge < -0.3 is 15.8 Å². The van der Waals surface area contributed by atoms with Crippen LogP contribution >= 0.6 is 11.6 Å². The third kappa shape index (κ3) is 5.01. The molecule has 1 aromatic carbocycles. The summed E-state index contributed by atoms with van der Waals surface area (Å²) in [6, 6.07) is 7.57. The third-order valence-corrected chi connectivity index (χ3v) is 3.68. The van der Waals surface area contributed by atoms with Crippen molar-refractivity contribution in [1.29, 1.82) is 0 Å². The zero-order chi connectivity index (χ0) is 20.5. The molecule has 2 aromatic rings. The number of carbonyl (C=O) groups excluding carboxylic acids is 2. The van der Waals surface area contributed by atoms with Crippen LogP contribution in [-0.4, -0.2) is 52.6 Å². The van der Waals surface area contributed by atoms with Crippen LogP contribution < -0.4 is 11.1 Å². The molecule has 0 spiro atoms. The molecule has 0 aliphatic heterocycles. The van der Waals surface area contributed by atoms with Gasteiger partial charge in [0, 0.05) is 7.05 Å². The lowest BCUT2D eigenvalue weighted by atomic mass is 10.1. The maximum absolute atomic E-state index is 12.7. The van der Waals surface area contributed by atoms with Crippen LogP contribution in [0.2, 0.25) is 0 Å². The van der Waals surface area contributed by atoms with Crippen molar-refractivity contribution in [3.8, 4) is 0 Å². The molecule has 0 bridgehead atoms. The lowest BCUT2D eigenvalue weighted by Crippen LogP contribution is -2.43. The highest BCUT2D eigenvalue weighted by molar-refractivity contribution is 6.66. The molecule has 0 saturated heterocycles.